The molecule has 4 heterocycles. The fourth-order valence-electron chi connectivity index (χ4n) is 3.15. The van der Waals surface area contributed by atoms with Crippen molar-refractivity contribution in [2.45, 2.75) is 6.92 Å². The number of nitrogens with one attached hydrogen (secondary N) is 2. The molecule has 0 bridgehead atoms. The molecule has 0 aliphatic rings. The quantitative estimate of drug-likeness (QED) is 0.476. The summed E-state index contributed by atoms with van der Waals surface area (Å²) in [6.07, 6.45) is 8.64. The number of anilines is 2. The second-order valence-electron chi connectivity index (χ2n) is 6.38. The Kier molecular flexibility index (Phi) is 3.83. The number of aromatic nitrogens is 5. The summed E-state index contributed by atoms with van der Waals surface area (Å²) in [5, 5.41) is 11.5. The predicted molar refractivity (Wildman–Crippen MR) is 107 cm³/mol. The molecule has 1 aromatic carbocycles. The highest BCUT2D eigenvalue weighted by molar-refractivity contribution is 5.99. The van der Waals surface area contributed by atoms with E-state index in [9.17, 15) is 0 Å². The number of benzene rings is 1. The van der Waals surface area contributed by atoms with Crippen molar-refractivity contribution < 1.29 is 4.42 Å². The molecular weight excluding hydrogens is 352 g/mol. The summed E-state index contributed by atoms with van der Waals surface area (Å²) >= 11 is 0. The third-order valence-electron chi connectivity index (χ3n) is 4.53. The maximum absolute atomic E-state index is 5.99. The molecule has 5 aromatic rings. The molecule has 0 aliphatic heterocycles. The van der Waals surface area contributed by atoms with Gasteiger partial charge in [0.05, 0.1) is 23.8 Å². The second kappa shape index (κ2) is 6.62. The van der Waals surface area contributed by atoms with Crippen molar-refractivity contribution in [3.8, 4) is 22.8 Å². The Labute approximate surface area is 160 Å². The first kappa shape index (κ1) is 16.2. The van der Waals surface area contributed by atoms with E-state index < -0.39 is 0 Å². The number of rotatable bonds is 4. The number of H-pyrrole nitrogens is 1. The SMILES string of the molecule is Cc1cn[nH]c1-c1ccc(Nc2c(-c3ncccn3)oc3cnccc23)cc1. The van der Waals surface area contributed by atoms with Crippen molar-refractivity contribution in [2.24, 2.45) is 0 Å². The van der Waals surface area contributed by atoms with E-state index in [2.05, 4.69) is 30.5 Å². The van der Waals surface area contributed by atoms with E-state index in [1.165, 1.54) is 0 Å². The van der Waals surface area contributed by atoms with E-state index in [1.807, 2.05) is 43.5 Å². The molecule has 0 spiro atoms. The van der Waals surface area contributed by atoms with Gasteiger partial charge in [-0.15, -0.1) is 0 Å². The van der Waals surface area contributed by atoms with Gasteiger partial charge in [-0.1, -0.05) is 12.1 Å². The highest BCUT2D eigenvalue weighted by atomic mass is 16.3. The van der Waals surface area contributed by atoms with Crippen molar-refractivity contribution in [2.75, 3.05) is 5.32 Å². The first-order valence-electron chi connectivity index (χ1n) is 8.81. The lowest BCUT2D eigenvalue weighted by Crippen LogP contribution is -1.94. The van der Waals surface area contributed by atoms with Crippen LogP contribution >= 0.6 is 0 Å². The highest BCUT2D eigenvalue weighted by Gasteiger charge is 2.18. The van der Waals surface area contributed by atoms with Crippen LogP contribution < -0.4 is 5.32 Å². The summed E-state index contributed by atoms with van der Waals surface area (Å²) in [5.74, 6) is 1.10. The van der Waals surface area contributed by atoms with E-state index in [0.29, 0.717) is 17.2 Å². The summed E-state index contributed by atoms with van der Waals surface area (Å²) in [6, 6.07) is 11.8. The molecule has 2 N–H and O–H groups in total. The molecule has 0 radical (unpaired) electrons. The highest BCUT2D eigenvalue weighted by Crippen LogP contribution is 2.38. The van der Waals surface area contributed by atoms with Crippen LogP contribution in [0.4, 0.5) is 11.4 Å². The lowest BCUT2D eigenvalue weighted by Gasteiger charge is -2.08. The average molecular weight is 368 g/mol. The lowest BCUT2D eigenvalue weighted by molar-refractivity contribution is 0.624. The molecule has 7 heteroatoms. The standard InChI is InChI=1S/C21H16N6O/c1-13-11-25-27-18(13)14-3-5-15(6-4-14)26-19-16-7-10-22-12-17(16)28-20(19)21-23-8-2-9-24-21/h2-12,26H,1H3,(H,25,27). The van der Waals surface area contributed by atoms with E-state index in [0.717, 1.165) is 33.6 Å². The average Bonchev–Trinajstić information content (AvgIpc) is 3.33. The number of aryl methyl sites for hydroxylation is 1. The van der Waals surface area contributed by atoms with E-state index >= 15 is 0 Å². The van der Waals surface area contributed by atoms with Gasteiger partial charge in [-0.3, -0.25) is 10.1 Å². The fourth-order valence-corrected chi connectivity index (χ4v) is 3.15. The van der Waals surface area contributed by atoms with Crippen molar-refractivity contribution in [1.29, 1.82) is 0 Å². The molecule has 7 nitrogen and oxygen atoms in total. The van der Waals surface area contributed by atoms with Gasteiger partial charge in [-0.05, 0) is 42.3 Å². The Bertz CT molecular complexity index is 1240. The van der Waals surface area contributed by atoms with Gasteiger partial charge >= 0.3 is 0 Å². The Balaban J connectivity index is 1.55. The number of pyridine rings is 1. The Hall–Kier alpha value is -4.00. The summed E-state index contributed by atoms with van der Waals surface area (Å²) in [4.78, 5) is 12.8. The van der Waals surface area contributed by atoms with Crippen LogP contribution in [0.1, 0.15) is 5.56 Å². The van der Waals surface area contributed by atoms with Crippen LogP contribution in [-0.2, 0) is 0 Å². The zero-order valence-corrected chi connectivity index (χ0v) is 15.0. The van der Waals surface area contributed by atoms with Gasteiger partial charge in [0.25, 0.3) is 0 Å². The predicted octanol–water partition coefficient (Wildman–Crippen LogP) is 4.73. The summed E-state index contributed by atoms with van der Waals surface area (Å²) in [6.45, 7) is 2.03. The minimum Gasteiger partial charge on any atom is -0.449 e. The van der Waals surface area contributed by atoms with Gasteiger partial charge in [0.2, 0.25) is 0 Å². The maximum atomic E-state index is 5.99. The number of furan rings is 1. The molecule has 4 aromatic heterocycles. The molecule has 0 fully saturated rings. The van der Waals surface area contributed by atoms with Crippen molar-refractivity contribution >= 4 is 22.3 Å². The van der Waals surface area contributed by atoms with Gasteiger partial charge < -0.3 is 9.73 Å². The summed E-state index contributed by atoms with van der Waals surface area (Å²) < 4.78 is 5.99. The number of fused-ring (bicyclic) bond motifs is 1. The Morgan fingerprint density at radius 1 is 0.964 bits per heavy atom. The van der Waals surface area contributed by atoms with Gasteiger partial charge in [0, 0.05) is 29.7 Å². The van der Waals surface area contributed by atoms with Crippen LogP contribution in [0, 0.1) is 6.92 Å². The second-order valence-corrected chi connectivity index (χ2v) is 6.38. The van der Waals surface area contributed by atoms with E-state index in [1.54, 1.807) is 30.9 Å². The summed E-state index contributed by atoms with van der Waals surface area (Å²) in [5.41, 5.74) is 5.62. The van der Waals surface area contributed by atoms with Crippen molar-refractivity contribution in [3.05, 3.63) is 72.9 Å². The molecule has 136 valence electrons. The fraction of sp³-hybridized carbons (Fsp3) is 0.0476. The molecule has 0 atom stereocenters. The molecule has 5 rings (SSSR count). The largest absolute Gasteiger partial charge is 0.449 e. The van der Waals surface area contributed by atoms with Crippen LogP contribution in [-0.4, -0.2) is 25.1 Å². The van der Waals surface area contributed by atoms with Crippen molar-refractivity contribution in [3.63, 3.8) is 0 Å². The molecule has 28 heavy (non-hydrogen) atoms. The van der Waals surface area contributed by atoms with Crippen LogP contribution in [0.2, 0.25) is 0 Å². The first-order valence-corrected chi connectivity index (χ1v) is 8.81. The minimum atomic E-state index is 0.519. The lowest BCUT2D eigenvalue weighted by atomic mass is 10.1. The number of nitrogens with zero attached hydrogens (tertiary/aromatic N) is 4. The maximum Gasteiger partial charge on any atom is 0.197 e. The van der Waals surface area contributed by atoms with Crippen LogP contribution in [0.3, 0.4) is 0 Å². The van der Waals surface area contributed by atoms with Gasteiger partial charge in [0.15, 0.2) is 17.2 Å². The van der Waals surface area contributed by atoms with Crippen LogP contribution in [0.15, 0.2) is 71.8 Å². The topological polar surface area (TPSA) is 92.5 Å². The molecule has 0 amide bonds. The summed E-state index contributed by atoms with van der Waals surface area (Å²) in [7, 11) is 0. The first-order chi connectivity index (χ1) is 13.8. The Morgan fingerprint density at radius 3 is 2.54 bits per heavy atom. The normalized spacial score (nSPS) is 11.0. The number of hydrogen-bond donors (Lipinski definition) is 2. The van der Waals surface area contributed by atoms with Gasteiger partial charge in [-0.2, -0.15) is 5.10 Å². The van der Waals surface area contributed by atoms with Gasteiger partial charge in [0.1, 0.15) is 0 Å². The van der Waals surface area contributed by atoms with Crippen LogP contribution in [0.25, 0.3) is 33.8 Å². The van der Waals surface area contributed by atoms with E-state index in [4.69, 9.17) is 4.42 Å². The zero-order chi connectivity index (χ0) is 18.9. The van der Waals surface area contributed by atoms with Gasteiger partial charge in [-0.25, -0.2) is 9.97 Å². The third-order valence-corrected chi connectivity index (χ3v) is 4.53. The number of aromatic amines is 1. The third kappa shape index (κ3) is 2.79. The van der Waals surface area contributed by atoms with Crippen molar-refractivity contribution in [1.82, 2.24) is 25.1 Å². The minimum absolute atomic E-state index is 0.519. The van der Waals surface area contributed by atoms with Crippen LogP contribution in [0.5, 0.6) is 0 Å². The molecule has 0 saturated carbocycles. The monoisotopic (exact) mass is 368 g/mol. The molecule has 0 saturated heterocycles. The molecular formula is C21H16N6O. The zero-order valence-electron chi connectivity index (χ0n) is 15.0. The van der Waals surface area contributed by atoms with E-state index in [-0.39, 0.29) is 0 Å². The number of hydrogen-bond acceptors (Lipinski definition) is 6. The smallest absolute Gasteiger partial charge is 0.197 e. The molecule has 0 aliphatic carbocycles. The molecule has 0 unspecified atom stereocenters. The Morgan fingerprint density at radius 2 is 1.79 bits per heavy atom.